The first-order chi connectivity index (χ1) is 30.9. The molecule has 346 valence electrons. The summed E-state index contributed by atoms with van der Waals surface area (Å²) in [5.74, 6) is -3.99. The summed E-state index contributed by atoms with van der Waals surface area (Å²) in [7, 11) is -2.55. The molecule has 0 amide bonds. The van der Waals surface area contributed by atoms with Crippen molar-refractivity contribution < 1.29 is 57.5 Å². The van der Waals surface area contributed by atoms with Crippen molar-refractivity contribution in [1.82, 2.24) is 0 Å². The Hall–Kier alpha value is -4.99. The molecule has 0 unspecified atom stereocenters. The summed E-state index contributed by atoms with van der Waals surface area (Å²) in [5, 5.41) is 26.8. The predicted octanol–water partition coefficient (Wildman–Crippen LogP) is 7.25. The van der Waals surface area contributed by atoms with Crippen molar-refractivity contribution >= 4 is 37.9 Å². The number of Topliss-reactive ketones (excluding diaryl/α,β-unsaturated/α-hetero) is 1. The van der Waals surface area contributed by atoms with Crippen molar-refractivity contribution in [2.75, 3.05) is 6.61 Å². The van der Waals surface area contributed by atoms with Gasteiger partial charge >= 0.3 is 17.9 Å². The minimum atomic E-state index is -2.55. The summed E-state index contributed by atoms with van der Waals surface area (Å²) in [4.78, 5) is 63.3. The molecule has 14 heteroatoms. The van der Waals surface area contributed by atoms with E-state index in [1.165, 1.54) is 6.92 Å². The van der Waals surface area contributed by atoms with Gasteiger partial charge in [-0.2, -0.15) is 0 Å². The Bertz CT molecular complexity index is 2360. The number of ketones is 1. The maximum Gasteiger partial charge on any atom is 0.350 e. The molecule has 3 aliphatic carbocycles. The highest BCUT2D eigenvalue weighted by atomic mass is 28.4. The largest absolute Gasteiger partial charge is 0.459 e. The molecule has 3 aromatic rings. The lowest BCUT2D eigenvalue weighted by atomic mass is 9.44. The molecule has 2 heterocycles. The molecule has 13 nitrogen and oxygen atoms in total. The van der Waals surface area contributed by atoms with E-state index >= 15 is 4.79 Å². The van der Waals surface area contributed by atoms with Gasteiger partial charge in [-0.3, -0.25) is 9.59 Å². The highest BCUT2D eigenvalue weighted by Crippen LogP contribution is 2.65. The van der Waals surface area contributed by atoms with Gasteiger partial charge in [-0.25, -0.2) is 14.6 Å². The minimum Gasteiger partial charge on any atom is -0.459 e. The molecular formula is C51H61NO12Si. The van der Waals surface area contributed by atoms with Crippen LogP contribution in [0.4, 0.5) is 0 Å². The van der Waals surface area contributed by atoms with Crippen LogP contribution in [0.15, 0.2) is 107 Å². The monoisotopic (exact) mass is 907 g/mol. The van der Waals surface area contributed by atoms with Crippen LogP contribution in [0.3, 0.4) is 0 Å². The van der Waals surface area contributed by atoms with Gasteiger partial charge in [-0.1, -0.05) is 101 Å². The third kappa shape index (κ3) is 7.49. The van der Waals surface area contributed by atoms with E-state index in [0.29, 0.717) is 16.7 Å². The summed E-state index contributed by atoms with van der Waals surface area (Å²) < 4.78 is 39.2. The van der Waals surface area contributed by atoms with Gasteiger partial charge < -0.3 is 38.3 Å². The van der Waals surface area contributed by atoms with Gasteiger partial charge in [0.05, 0.1) is 29.6 Å². The number of ether oxygens (including phenoxy) is 5. The normalized spacial score (nSPS) is 33.8. The highest BCUT2D eigenvalue weighted by Gasteiger charge is 2.78. The number of aliphatic hydroxyl groups is 2. The van der Waals surface area contributed by atoms with Crippen LogP contribution < -0.4 is 0 Å². The lowest BCUT2D eigenvalue weighted by molar-refractivity contribution is -0.344. The molecule has 11 atom stereocenters. The minimum absolute atomic E-state index is 0.125. The van der Waals surface area contributed by atoms with Gasteiger partial charge in [0.15, 0.2) is 19.7 Å². The quantitative estimate of drug-likeness (QED) is 0.0807. The first-order valence-corrected chi connectivity index (χ1v) is 25.4. The van der Waals surface area contributed by atoms with Crippen molar-refractivity contribution in [2.45, 2.75) is 140 Å². The van der Waals surface area contributed by atoms with E-state index in [9.17, 15) is 24.6 Å². The number of nitrogens with zero attached hydrogens (tertiary/aromatic N) is 1. The molecular weight excluding hydrogens is 847 g/mol. The second-order valence-corrected chi connectivity index (χ2v) is 23.8. The van der Waals surface area contributed by atoms with E-state index in [1.807, 2.05) is 60.7 Å². The standard InChI is InChI=1S/C51H61NO12Si/c1-9-65(10-2,11-3)64-36-27-37-50(29-59-37,63-31(5)53)42-44(62-46(56)34-25-19-14-20-26-34)51(58)28-35(30(4)38(48(51,6)7)40(54)43(55)49(36,42)8)60-47(57)41-39(32-21-15-12-16-22-32)52-45(61-41)33-23-17-13-18-24-33/h12-26,35-37,39-42,44,54,58H,9-11,27-29H2,1-8H3/t35-,36-,37+,39-,40+,41+,42-,44-,49+,50-,51+/m0/s1. The molecule has 65 heavy (non-hydrogen) atoms. The van der Waals surface area contributed by atoms with Crippen LogP contribution in [0.25, 0.3) is 0 Å². The summed E-state index contributed by atoms with van der Waals surface area (Å²) >= 11 is 0. The number of aliphatic imine (C=N–C) groups is 1. The lowest BCUT2D eigenvalue weighted by Crippen LogP contribution is -2.82. The Kier molecular flexibility index (Phi) is 12.4. The number of esters is 3. The Morgan fingerprint density at radius 1 is 0.877 bits per heavy atom. The topological polar surface area (TPSA) is 176 Å². The molecule has 0 radical (unpaired) electrons. The van der Waals surface area contributed by atoms with E-state index < -0.39 is 103 Å². The number of hydrogen-bond acceptors (Lipinski definition) is 13. The van der Waals surface area contributed by atoms with Gasteiger partial charge in [0, 0.05) is 30.7 Å². The van der Waals surface area contributed by atoms with Gasteiger partial charge in [-0.15, -0.1) is 0 Å². The molecule has 0 aromatic heterocycles. The van der Waals surface area contributed by atoms with Gasteiger partial charge in [0.25, 0.3) is 0 Å². The van der Waals surface area contributed by atoms with Crippen LogP contribution in [-0.4, -0.2) is 103 Å². The van der Waals surface area contributed by atoms with Crippen molar-refractivity contribution in [3.8, 4) is 0 Å². The van der Waals surface area contributed by atoms with Gasteiger partial charge in [0.1, 0.15) is 36.1 Å². The fourth-order valence-electron chi connectivity index (χ4n) is 11.6. The predicted molar refractivity (Wildman–Crippen MR) is 242 cm³/mol. The molecule has 2 N–H and O–H groups in total. The van der Waals surface area contributed by atoms with Crippen molar-refractivity contribution in [3.63, 3.8) is 0 Å². The number of carbonyl (C=O) groups excluding carboxylic acids is 4. The second-order valence-electron chi connectivity index (χ2n) is 19.1. The molecule has 8 rings (SSSR count). The molecule has 2 saturated carbocycles. The maximum absolute atomic E-state index is 15.9. The number of hydrogen-bond donors (Lipinski definition) is 2. The number of benzene rings is 3. The summed E-state index contributed by atoms with van der Waals surface area (Å²) in [6, 6.07) is 28.1. The van der Waals surface area contributed by atoms with Crippen LogP contribution >= 0.6 is 0 Å². The van der Waals surface area contributed by atoms with Gasteiger partial charge in [0.2, 0.25) is 12.0 Å². The van der Waals surface area contributed by atoms with E-state index in [0.717, 1.165) is 18.1 Å². The van der Waals surface area contributed by atoms with E-state index in [1.54, 1.807) is 58.0 Å². The summed E-state index contributed by atoms with van der Waals surface area (Å²) in [5.41, 5.74) is -5.06. The van der Waals surface area contributed by atoms with Gasteiger partial charge in [-0.05, 0) is 73.0 Å². The fourth-order valence-corrected chi connectivity index (χ4v) is 14.6. The number of carbonyl (C=O) groups is 4. The van der Waals surface area contributed by atoms with Crippen molar-refractivity contribution in [3.05, 3.63) is 119 Å². The molecule has 3 aromatic carbocycles. The third-order valence-electron chi connectivity index (χ3n) is 15.6. The number of rotatable bonds is 12. The first kappa shape index (κ1) is 46.5. The molecule has 1 saturated heterocycles. The number of fused-ring (bicyclic) bond motifs is 5. The second kappa shape index (κ2) is 17.3. The SMILES string of the molecule is CC[Si](CC)(CC)O[C@H]1C[C@H]2OC[C@@]2(OC(C)=O)[C@H]2[C@H](OC(=O)c3ccccc3)[C@]3(O)C[C@H](OC(=O)[C@@H]4OC(c5ccccc5)=N[C@H]4c4ccccc4)C(C)=C([C@@H](O)C(=O)[C@]12C)C3(C)C. The molecule has 2 bridgehead atoms. The Morgan fingerprint density at radius 2 is 1.48 bits per heavy atom. The molecule has 0 spiro atoms. The van der Waals surface area contributed by atoms with Crippen LogP contribution in [0.5, 0.6) is 0 Å². The zero-order valence-corrected chi connectivity index (χ0v) is 39.4. The van der Waals surface area contributed by atoms with E-state index in [-0.39, 0.29) is 36.5 Å². The zero-order valence-electron chi connectivity index (χ0n) is 38.4. The van der Waals surface area contributed by atoms with Crippen LogP contribution in [0, 0.1) is 16.7 Å². The fraction of sp³-hybridized carbons (Fsp3) is 0.510. The van der Waals surface area contributed by atoms with E-state index in [2.05, 4.69) is 20.8 Å². The van der Waals surface area contributed by atoms with Crippen molar-refractivity contribution in [1.29, 1.82) is 0 Å². The maximum atomic E-state index is 15.9. The van der Waals surface area contributed by atoms with E-state index in [4.69, 9.17) is 33.1 Å². The Morgan fingerprint density at radius 3 is 2.05 bits per heavy atom. The van der Waals surface area contributed by atoms with Crippen LogP contribution in [0.2, 0.25) is 18.1 Å². The average molecular weight is 908 g/mol. The van der Waals surface area contributed by atoms with Crippen LogP contribution in [0.1, 0.15) is 95.8 Å². The highest BCUT2D eigenvalue weighted by molar-refractivity contribution is 6.73. The summed E-state index contributed by atoms with van der Waals surface area (Å²) in [6.07, 6.45) is -7.94. The number of aliphatic hydroxyl groups excluding tert-OH is 1. The molecule has 3 fully saturated rings. The Balaban J connectivity index is 1.29. The average Bonchev–Trinajstić information content (AvgIpc) is 3.76. The third-order valence-corrected chi connectivity index (χ3v) is 20.3. The smallest absolute Gasteiger partial charge is 0.350 e. The summed E-state index contributed by atoms with van der Waals surface area (Å²) in [6.45, 7) is 14.0. The Labute approximate surface area is 381 Å². The van der Waals surface area contributed by atoms with Crippen LogP contribution in [-0.2, 0) is 42.5 Å². The zero-order chi connectivity index (χ0) is 46.7. The molecule has 5 aliphatic rings. The molecule has 2 aliphatic heterocycles. The first-order valence-electron chi connectivity index (χ1n) is 22.9. The lowest BCUT2D eigenvalue weighted by Gasteiger charge is -2.68. The van der Waals surface area contributed by atoms with Crippen molar-refractivity contribution in [2.24, 2.45) is 21.7 Å².